The predicted molar refractivity (Wildman–Crippen MR) is 80.6 cm³/mol. The maximum absolute atomic E-state index is 12.4. The van der Waals surface area contributed by atoms with Crippen molar-refractivity contribution in [2.24, 2.45) is 0 Å². The van der Waals surface area contributed by atoms with Crippen molar-refractivity contribution in [3.8, 4) is 11.5 Å². The van der Waals surface area contributed by atoms with Crippen molar-refractivity contribution in [1.29, 1.82) is 0 Å². The van der Waals surface area contributed by atoms with Crippen LogP contribution in [-0.4, -0.2) is 50.7 Å². The van der Waals surface area contributed by atoms with Gasteiger partial charge < -0.3 is 14.8 Å². The molecule has 0 aromatic heterocycles. The molecule has 1 N–H and O–H groups in total. The fourth-order valence-corrected chi connectivity index (χ4v) is 3.87. The average Bonchev–Trinajstić information content (AvgIpc) is 2.97. The highest BCUT2D eigenvalue weighted by atomic mass is 32.2. The van der Waals surface area contributed by atoms with Crippen molar-refractivity contribution < 1.29 is 22.7 Å². The first kappa shape index (κ1) is 15.1. The van der Waals surface area contributed by atoms with Crippen molar-refractivity contribution in [2.45, 2.75) is 18.9 Å². The number of hydrogen-bond donors (Lipinski definition) is 1. The molecule has 7 nitrogen and oxygen atoms in total. The van der Waals surface area contributed by atoms with Gasteiger partial charge in [-0.3, -0.25) is 4.79 Å². The van der Waals surface area contributed by atoms with E-state index in [9.17, 15) is 13.2 Å². The highest BCUT2D eigenvalue weighted by Gasteiger charge is 2.36. The smallest absolute Gasteiger partial charge is 0.242 e. The molecule has 1 aromatic carbocycles. The van der Waals surface area contributed by atoms with E-state index in [0.29, 0.717) is 49.8 Å². The van der Waals surface area contributed by atoms with E-state index in [-0.39, 0.29) is 5.91 Å². The Morgan fingerprint density at radius 1 is 1.27 bits per heavy atom. The summed E-state index contributed by atoms with van der Waals surface area (Å²) in [5.74, 6) is 0.901. The van der Waals surface area contributed by atoms with Gasteiger partial charge in [-0.2, -0.15) is 4.31 Å². The van der Waals surface area contributed by atoms with Gasteiger partial charge in [0.2, 0.25) is 15.9 Å². The number of rotatable bonds is 3. The summed E-state index contributed by atoms with van der Waals surface area (Å²) in [6, 6.07) is 4.48. The van der Waals surface area contributed by atoms with E-state index in [0.717, 1.165) is 6.26 Å². The van der Waals surface area contributed by atoms with Gasteiger partial charge in [-0.15, -0.1) is 0 Å². The summed E-state index contributed by atoms with van der Waals surface area (Å²) >= 11 is 0. The zero-order valence-corrected chi connectivity index (χ0v) is 13.1. The van der Waals surface area contributed by atoms with Crippen molar-refractivity contribution in [1.82, 2.24) is 4.31 Å². The van der Waals surface area contributed by atoms with Crippen LogP contribution in [0.4, 0.5) is 5.69 Å². The number of anilines is 1. The molecule has 120 valence electrons. The van der Waals surface area contributed by atoms with Gasteiger partial charge in [-0.05, 0) is 25.0 Å². The Balaban J connectivity index is 1.74. The Labute approximate surface area is 129 Å². The van der Waals surface area contributed by atoms with Gasteiger partial charge in [0.15, 0.2) is 11.5 Å². The molecule has 1 unspecified atom stereocenters. The molecule has 0 radical (unpaired) electrons. The second-order valence-electron chi connectivity index (χ2n) is 5.38. The average molecular weight is 326 g/mol. The number of sulfonamides is 1. The SMILES string of the molecule is CS(=O)(=O)N1CCCC1C(=O)Nc1ccc2c(c1)OCCO2. The summed E-state index contributed by atoms with van der Waals surface area (Å²) < 4.78 is 35.5. The molecule has 1 amide bonds. The van der Waals surface area contributed by atoms with Crippen molar-refractivity contribution in [3.63, 3.8) is 0 Å². The van der Waals surface area contributed by atoms with Gasteiger partial charge in [0.1, 0.15) is 19.3 Å². The molecule has 0 saturated carbocycles. The van der Waals surface area contributed by atoms with Gasteiger partial charge in [-0.1, -0.05) is 0 Å². The van der Waals surface area contributed by atoms with Crippen LogP contribution in [0, 0.1) is 0 Å². The molecule has 1 atom stereocenters. The zero-order chi connectivity index (χ0) is 15.7. The third-order valence-electron chi connectivity index (χ3n) is 3.74. The van der Waals surface area contributed by atoms with E-state index in [1.807, 2.05) is 0 Å². The van der Waals surface area contributed by atoms with Crippen LogP contribution in [-0.2, 0) is 14.8 Å². The van der Waals surface area contributed by atoms with Crippen molar-refractivity contribution in [2.75, 3.05) is 31.3 Å². The van der Waals surface area contributed by atoms with Crippen LogP contribution in [0.1, 0.15) is 12.8 Å². The number of benzene rings is 1. The molecule has 22 heavy (non-hydrogen) atoms. The number of carbonyl (C=O) groups is 1. The second-order valence-corrected chi connectivity index (χ2v) is 7.31. The summed E-state index contributed by atoms with van der Waals surface area (Å²) in [6.45, 7) is 1.36. The minimum atomic E-state index is -3.38. The number of nitrogens with one attached hydrogen (secondary N) is 1. The van der Waals surface area contributed by atoms with Crippen molar-refractivity contribution in [3.05, 3.63) is 18.2 Å². The Bertz CT molecular complexity index is 688. The van der Waals surface area contributed by atoms with Gasteiger partial charge >= 0.3 is 0 Å². The zero-order valence-electron chi connectivity index (χ0n) is 12.2. The lowest BCUT2D eigenvalue weighted by Crippen LogP contribution is -2.42. The van der Waals surface area contributed by atoms with Crippen LogP contribution < -0.4 is 14.8 Å². The molecule has 2 aliphatic heterocycles. The van der Waals surface area contributed by atoms with Crippen LogP contribution >= 0.6 is 0 Å². The fraction of sp³-hybridized carbons (Fsp3) is 0.500. The maximum atomic E-state index is 12.4. The highest BCUT2D eigenvalue weighted by molar-refractivity contribution is 7.88. The van der Waals surface area contributed by atoms with E-state index in [1.54, 1.807) is 18.2 Å². The van der Waals surface area contributed by atoms with Crippen molar-refractivity contribution >= 4 is 21.6 Å². The predicted octanol–water partition coefficient (Wildman–Crippen LogP) is 0.820. The Kier molecular flexibility index (Phi) is 3.96. The van der Waals surface area contributed by atoms with E-state index in [2.05, 4.69) is 5.32 Å². The number of carbonyl (C=O) groups excluding carboxylic acids is 1. The summed E-state index contributed by atoms with van der Waals surface area (Å²) in [6.07, 6.45) is 2.35. The first-order chi connectivity index (χ1) is 10.4. The maximum Gasteiger partial charge on any atom is 0.242 e. The van der Waals surface area contributed by atoms with Gasteiger partial charge in [0.05, 0.1) is 6.26 Å². The number of fused-ring (bicyclic) bond motifs is 1. The summed E-state index contributed by atoms with van der Waals surface area (Å²) in [5.41, 5.74) is 0.564. The topological polar surface area (TPSA) is 84.9 Å². The normalized spacial score (nSPS) is 21.6. The monoisotopic (exact) mass is 326 g/mol. The number of nitrogens with zero attached hydrogens (tertiary/aromatic N) is 1. The summed E-state index contributed by atoms with van der Waals surface area (Å²) in [4.78, 5) is 12.4. The Morgan fingerprint density at radius 3 is 2.73 bits per heavy atom. The molecular formula is C14H18N2O5S. The molecule has 1 saturated heterocycles. The molecule has 8 heteroatoms. The lowest BCUT2D eigenvalue weighted by atomic mass is 10.2. The molecule has 3 rings (SSSR count). The first-order valence-corrected chi connectivity index (χ1v) is 8.97. The number of hydrogen-bond acceptors (Lipinski definition) is 5. The van der Waals surface area contributed by atoms with Crippen LogP contribution in [0.2, 0.25) is 0 Å². The lowest BCUT2D eigenvalue weighted by Gasteiger charge is -2.22. The van der Waals surface area contributed by atoms with Gasteiger partial charge in [-0.25, -0.2) is 8.42 Å². The number of ether oxygens (including phenoxy) is 2. The molecular weight excluding hydrogens is 308 g/mol. The van der Waals surface area contributed by atoms with E-state index in [1.165, 1.54) is 4.31 Å². The van der Waals surface area contributed by atoms with Crippen LogP contribution in [0.3, 0.4) is 0 Å². The molecule has 2 heterocycles. The Morgan fingerprint density at radius 2 is 2.00 bits per heavy atom. The quantitative estimate of drug-likeness (QED) is 0.889. The van der Waals surface area contributed by atoms with Crippen LogP contribution in [0.5, 0.6) is 11.5 Å². The van der Waals surface area contributed by atoms with Gasteiger partial charge in [0.25, 0.3) is 0 Å². The number of amides is 1. The van der Waals surface area contributed by atoms with Crippen LogP contribution in [0.25, 0.3) is 0 Å². The minimum absolute atomic E-state index is 0.320. The standard InChI is InChI=1S/C14H18N2O5S/c1-22(18,19)16-6-2-3-11(16)14(17)15-10-4-5-12-13(9-10)21-8-7-20-12/h4-5,9,11H,2-3,6-8H2,1H3,(H,15,17). The van der Waals surface area contributed by atoms with E-state index >= 15 is 0 Å². The largest absolute Gasteiger partial charge is 0.486 e. The third kappa shape index (κ3) is 3.02. The molecule has 1 aromatic rings. The highest BCUT2D eigenvalue weighted by Crippen LogP contribution is 2.33. The molecule has 1 fully saturated rings. The lowest BCUT2D eigenvalue weighted by molar-refractivity contribution is -0.119. The third-order valence-corrected chi connectivity index (χ3v) is 5.03. The van der Waals surface area contributed by atoms with E-state index < -0.39 is 16.1 Å². The minimum Gasteiger partial charge on any atom is -0.486 e. The van der Waals surface area contributed by atoms with E-state index in [4.69, 9.17) is 9.47 Å². The summed E-state index contributed by atoms with van der Waals surface area (Å²) in [7, 11) is -3.38. The fourth-order valence-electron chi connectivity index (χ4n) is 2.75. The van der Waals surface area contributed by atoms with Gasteiger partial charge in [0, 0.05) is 18.3 Å². The second kappa shape index (κ2) is 5.77. The molecule has 2 aliphatic rings. The summed E-state index contributed by atoms with van der Waals surface area (Å²) in [5, 5.41) is 2.76. The Hall–Kier alpha value is -1.80. The molecule has 0 aliphatic carbocycles. The molecule has 0 bridgehead atoms. The van der Waals surface area contributed by atoms with Crippen LogP contribution in [0.15, 0.2) is 18.2 Å². The first-order valence-electron chi connectivity index (χ1n) is 7.12. The molecule has 0 spiro atoms.